The first-order valence-electron chi connectivity index (χ1n) is 9.11. The SMILES string of the molecule is Cc1ccc(F)c(C(C)C(NS(=O)(=O)c2ccc(Cl)cc2C(F)F)c2nn[nH]n2)c1C. The lowest BCUT2D eigenvalue weighted by Crippen LogP contribution is -2.34. The van der Waals surface area contributed by atoms with E-state index in [1.807, 2.05) is 0 Å². The molecule has 0 aliphatic rings. The summed E-state index contributed by atoms with van der Waals surface area (Å²) in [5.74, 6) is -1.40. The van der Waals surface area contributed by atoms with Gasteiger partial charge in [-0.1, -0.05) is 29.8 Å². The van der Waals surface area contributed by atoms with Crippen LogP contribution in [0.2, 0.25) is 5.02 Å². The fraction of sp³-hybridized carbons (Fsp3) is 0.316. The Morgan fingerprint density at radius 1 is 1.16 bits per heavy atom. The standard InChI is InChI=1S/C19H19ClF3N5O2S/c1-9-4-6-14(21)16(10(9)2)11(3)17(19-24-27-28-25-19)26-31(29,30)15-7-5-12(20)8-13(15)18(22)23/h4-8,11,17-18,26H,1-3H3,(H,24,25,27,28). The van der Waals surface area contributed by atoms with Crippen LogP contribution in [0.5, 0.6) is 0 Å². The summed E-state index contributed by atoms with van der Waals surface area (Å²) in [4.78, 5) is -0.644. The van der Waals surface area contributed by atoms with Gasteiger partial charge in [-0.3, -0.25) is 0 Å². The number of rotatable bonds is 7. The lowest BCUT2D eigenvalue weighted by Gasteiger charge is -2.25. The molecular formula is C19H19ClF3N5O2S. The minimum atomic E-state index is -4.50. The molecule has 2 N–H and O–H groups in total. The van der Waals surface area contributed by atoms with Crippen molar-refractivity contribution in [3.8, 4) is 0 Å². The maximum absolute atomic E-state index is 14.7. The molecule has 0 radical (unpaired) electrons. The number of hydrogen-bond donors (Lipinski definition) is 2. The Kier molecular flexibility index (Phi) is 6.68. The van der Waals surface area contributed by atoms with Crippen molar-refractivity contribution in [3.63, 3.8) is 0 Å². The molecule has 0 aliphatic carbocycles. The van der Waals surface area contributed by atoms with Gasteiger partial charge in [-0.05, 0) is 54.8 Å². The maximum atomic E-state index is 14.7. The van der Waals surface area contributed by atoms with Crippen molar-refractivity contribution < 1.29 is 21.6 Å². The summed E-state index contributed by atoms with van der Waals surface area (Å²) in [5.41, 5.74) is 0.927. The third-order valence-electron chi connectivity index (χ3n) is 5.11. The number of benzene rings is 2. The molecule has 2 unspecified atom stereocenters. The number of nitrogens with one attached hydrogen (secondary N) is 2. The maximum Gasteiger partial charge on any atom is 0.265 e. The first-order valence-corrected chi connectivity index (χ1v) is 11.0. The van der Waals surface area contributed by atoms with Gasteiger partial charge in [0.1, 0.15) is 5.82 Å². The van der Waals surface area contributed by atoms with Crippen molar-refractivity contribution in [2.75, 3.05) is 0 Å². The largest absolute Gasteiger partial charge is 0.265 e. The van der Waals surface area contributed by atoms with Crippen LogP contribution in [-0.4, -0.2) is 29.0 Å². The number of H-pyrrole nitrogens is 1. The van der Waals surface area contributed by atoms with Crippen molar-refractivity contribution >= 4 is 21.6 Å². The predicted molar refractivity (Wildman–Crippen MR) is 108 cm³/mol. The molecule has 1 heterocycles. The van der Waals surface area contributed by atoms with Crippen molar-refractivity contribution in [1.29, 1.82) is 0 Å². The zero-order valence-electron chi connectivity index (χ0n) is 16.7. The average molecular weight is 474 g/mol. The second kappa shape index (κ2) is 8.93. The number of aromatic nitrogens is 4. The van der Waals surface area contributed by atoms with Crippen molar-refractivity contribution in [2.24, 2.45) is 0 Å². The van der Waals surface area contributed by atoms with Gasteiger partial charge in [0.15, 0.2) is 5.82 Å². The van der Waals surface area contributed by atoms with Gasteiger partial charge < -0.3 is 0 Å². The van der Waals surface area contributed by atoms with E-state index in [0.717, 1.165) is 17.7 Å². The topological polar surface area (TPSA) is 101 Å². The molecule has 0 amide bonds. The molecule has 3 aromatic rings. The molecule has 0 spiro atoms. The third-order valence-corrected chi connectivity index (χ3v) is 6.86. The van der Waals surface area contributed by atoms with Crippen LogP contribution >= 0.6 is 11.6 Å². The zero-order chi connectivity index (χ0) is 22.9. The van der Waals surface area contributed by atoms with Crippen LogP contribution in [0.3, 0.4) is 0 Å². The summed E-state index contributed by atoms with van der Waals surface area (Å²) in [5, 5.41) is 13.3. The Morgan fingerprint density at radius 2 is 1.87 bits per heavy atom. The Balaban J connectivity index is 2.10. The summed E-state index contributed by atoms with van der Waals surface area (Å²) in [6, 6.07) is 4.76. The highest BCUT2D eigenvalue weighted by Gasteiger charge is 2.34. The summed E-state index contributed by atoms with van der Waals surface area (Å²) < 4.78 is 70.2. The first kappa shape index (κ1) is 23.2. The van der Waals surface area contributed by atoms with E-state index in [2.05, 4.69) is 25.3 Å². The zero-order valence-corrected chi connectivity index (χ0v) is 18.3. The van der Waals surface area contributed by atoms with Crippen LogP contribution in [0.15, 0.2) is 35.2 Å². The molecule has 12 heteroatoms. The lowest BCUT2D eigenvalue weighted by molar-refractivity contribution is 0.148. The van der Waals surface area contributed by atoms with E-state index in [4.69, 9.17) is 11.6 Å². The molecule has 7 nitrogen and oxygen atoms in total. The molecule has 31 heavy (non-hydrogen) atoms. The van der Waals surface area contributed by atoms with Crippen molar-refractivity contribution in [3.05, 3.63) is 69.2 Å². The molecule has 2 aromatic carbocycles. The van der Waals surface area contributed by atoms with Gasteiger partial charge in [0, 0.05) is 16.5 Å². The van der Waals surface area contributed by atoms with Crippen LogP contribution in [0, 0.1) is 19.7 Å². The Bertz CT molecular complexity index is 1190. The third kappa shape index (κ3) is 4.73. The van der Waals surface area contributed by atoms with Crippen molar-refractivity contribution in [1.82, 2.24) is 25.3 Å². The number of sulfonamides is 1. The Hall–Kier alpha value is -2.50. The highest BCUT2D eigenvalue weighted by molar-refractivity contribution is 7.89. The number of hydrogen-bond acceptors (Lipinski definition) is 5. The summed E-state index contributed by atoms with van der Waals surface area (Å²) >= 11 is 5.76. The molecule has 2 atom stereocenters. The van der Waals surface area contributed by atoms with E-state index in [0.29, 0.717) is 5.56 Å². The van der Waals surface area contributed by atoms with Gasteiger partial charge in [0.2, 0.25) is 10.0 Å². The highest BCUT2D eigenvalue weighted by atomic mass is 35.5. The van der Waals surface area contributed by atoms with Gasteiger partial charge in [0.05, 0.1) is 10.9 Å². The molecule has 3 rings (SSSR count). The fourth-order valence-corrected chi connectivity index (χ4v) is 5.03. The quantitative estimate of drug-likeness (QED) is 0.530. The molecule has 0 bridgehead atoms. The number of aromatic amines is 1. The number of nitrogens with zero attached hydrogens (tertiary/aromatic N) is 3. The molecule has 1 aromatic heterocycles. The Morgan fingerprint density at radius 3 is 2.48 bits per heavy atom. The second-order valence-electron chi connectivity index (χ2n) is 7.04. The normalized spacial score (nSPS) is 14.1. The van der Waals surface area contributed by atoms with E-state index in [1.54, 1.807) is 26.8 Å². The molecule has 0 aliphatic heterocycles. The van der Waals surface area contributed by atoms with Gasteiger partial charge in [-0.15, -0.1) is 10.2 Å². The van der Waals surface area contributed by atoms with Gasteiger partial charge >= 0.3 is 0 Å². The van der Waals surface area contributed by atoms with Crippen LogP contribution in [0.4, 0.5) is 13.2 Å². The Labute approximate surface area is 182 Å². The minimum Gasteiger partial charge on any atom is -0.207 e. The van der Waals surface area contributed by atoms with Gasteiger partial charge in [-0.2, -0.15) is 9.94 Å². The van der Waals surface area contributed by atoms with E-state index >= 15 is 0 Å². The van der Waals surface area contributed by atoms with Crippen LogP contribution in [-0.2, 0) is 10.0 Å². The highest BCUT2D eigenvalue weighted by Crippen LogP contribution is 2.36. The summed E-state index contributed by atoms with van der Waals surface area (Å²) in [7, 11) is -4.50. The van der Waals surface area contributed by atoms with E-state index < -0.39 is 44.7 Å². The molecule has 0 fully saturated rings. The summed E-state index contributed by atoms with van der Waals surface area (Å²) in [6.07, 6.45) is -3.08. The molecule has 0 saturated heterocycles. The van der Waals surface area contributed by atoms with Crippen LogP contribution in [0.1, 0.15) is 53.4 Å². The smallest absolute Gasteiger partial charge is 0.207 e. The minimum absolute atomic E-state index is 0.0326. The average Bonchev–Trinajstić information content (AvgIpc) is 3.23. The fourth-order valence-electron chi connectivity index (χ4n) is 3.38. The van der Waals surface area contributed by atoms with Crippen molar-refractivity contribution in [2.45, 2.75) is 44.1 Å². The monoisotopic (exact) mass is 473 g/mol. The number of tetrazole rings is 1. The molecular weight excluding hydrogens is 455 g/mol. The number of halogens is 4. The predicted octanol–water partition coefficient (Wildman–Crippen LogP) is 4.37. The van der Waals surface area contributed by atoms with E-state index in [1.165, 1.54) is 12.1 Å². The van der Waals surface area contributed by atoms with Gasteiger partial charge in [-0.25, -0.2) is 21.6 Å². The van der Waals surface area contributed by atoms with Crippen LogP contribution in [0.25, 0.3) is 0 Å². The number of alkyl halides is 2. The molecule has 166 valence electrons. The van der Waals surface area contributed by atoms with Crippen LogP contribution < -0.4 is 4.72 Å². The first-order chi connectivity index (χ1) is 14.5. The number of aryl methyl sites for hydroxylation is 1. The van der Waals surface area contributed by atoms with Gasteiger partial charge in [0.25, 0.3) is 6.43 Å². The molecule has 0 saturated carbocycles. The summed E-state index contributed by atoms with van der Waals surface area (Å²) in [6.45, 7) is 5.09. The van der Waals surface area contributed by atoms with E-state index in [9.17, 15) is 21.6 Å². The van der Waals surface area contributed by atoms with E-state index in [-0.39, 0.29) is 16.4 Å². The lowest BCUT2D eigenvalue weighted by atomic mass is 9.88. The second-order valence-corrected chi connectivity index (χ2v) is 9.16.